The van der Waals surface area contributed by atoms with Crippen LogP contribution in [-0.2, 0) is 16.2 Å². The Morgan fingerprint density at radius 3 is 2.15 bits per heavy atom. The fraction of sp³-hybridized carbons (Fsp3) is 0.222. The van der Waals surface area contributed by atoms with Crippen LogP contribution in [0.3, 0.4) is 0 Å². The molecule has 1 aromatic rings. The van der Waals surface area contributed by atoms with E-state index in [0.717, 1.165) is 0 Å². The van der Waals surface area contributed by atoms with E-state index in [-0.39, 0.29) is 12.1 Å². The Kier molecular flexibility index (Phi) is 4.22. The van der Waals surface area contributed by atoms with Gasteiger partial charge in [-0.15, -0.1) is 0 Å². The van der Waals surface area contributed by atoms with Crippen molar-refractivity contribution in [3.8, 4) is 0 Å². The fourth-order valence-electron chi connectivity index (χ4n) is 1.18. The molecule has 0 atom stereocenters. The Labute approximate surface area is 109 Å². The molecule has 0 aliphatic carbocycles. The van der Waals surface area contributed by atoms with Crippen LogP contribution in [0.4, 0.5) is 27.6 Å². The van der Waals surface area contributed by atoms with Crippen molar-refractivity contribution >= 4 is 21.7 Å². The highest BCUT2D eigenvalue weighted by Crippen LogP contribution is 2.32. The van der Waals surface area contributed by atoms with Gasteiger partial charge in [-0.3, -0.25) is 4.72 Å². The van der Waals surface area contributed by atoms with Crippen molar-refractivity contribution in [2.45, 2.75) is 11.9 Å². The third-order valence-electron chi connectivity index (χ3n) is 2.00. The summed E-state index contributed by atoms with van der Waals surface area (Å²) in [5.74, 6) is -5.64. The molecule has 0 fully saturated rings. The number of halogens is 5. The summed E-state index contributed by atoms with van der Waals surface area (Å²) in [4.78, 5) is 10.6. The molecule has 0 saturated heterocycles. The van der Waals surface area contributed by atoms with E-state index in [9.17, 15) is 35.2 Å². The van der Waals surface area contributed by atoms with Crippen LogP contribution in [0, 0.1) is 0 Å². The minimum absolute atomic E-state index is 0.215. The van der Waals surface area contributed by atoms with Crippen LogP contribution in [0.1, 0.15) is 15.9 Å². The molecule has 0 saturated carbocycles. The van der Waals surface area contributed by atoms with E-state index < -0.39 is 44.7 Å². The number of rotatable bonds is 4. The lowest BCUT2D eigenvalue weighted by Crippen LogP contribution is -2.21. The van der Waals surface area contributed by atoms with Crippen LogP contribution in [-0.4, -0.2) is 25.3 Å². The Balaban J connectivity index is 3.34. The Morgan fingerprint density at radius 1 is 1.20 bits per heavy atom. The first-order valence-electron chi connectivity index (χ1n) is 4.69. The lowest BCUT2D eigenvalue weighted by atomic mass is 10.1. The molecule has 0 bridgehead atoms. The van der Waals surface area contributed by atoms with E-state index in [4.69, 9.17) is 5.11 Å². The molecule has 0 amide bonds. The van der Waals surface area contributed by atoms with Gasteiger partial charge in [0.05, 0.1) is 16.8 Å². The summed E-state index contributed by atoms with van der Waals surface area (Å²) in [5, 5.41) is 8.61. The maximum atomic E-state index is 12.5. The normalized spacial score (nSPS) is 12.5. The van der Waals surface area contributed by atoms with Gasteiger partial charge in [-0.1, -0.05) is 0 Å². The summed E-state index contributed by atoms with van der Waals surface area (Å²) in [5.41, 5.74) is -3.30. The molecule has 0 aliphatic rings. The molecule has 0 unspecified atom stereocenters. The van der Waals surface area contributed by atoms with Crippen LogP contribution >= 0.6 is 0 Å². The highest BCUT2D eigenvalue weighted by Gasteiger charge is 2.33. The predicted molar refractivity (Wildman–Crippen MR) is 56.9 cm³/mol. The van der Waals surface area contributed by atoms with E-state index in [1.807, 2.05) is 0 Å². The second-order valence-electron chi connectivity index (χ2n) is 3.51. The van der Waals surface area contributed by atoms with Gasteiger partial charge < -0.3 is 5.11 Å². The van der Waals surface area contributed by atoms with Gasteiger partial charge in [0.1, 0.15) is 0 Å². The predicted octanol–water partition coefficient (Wildman–Crippen LogP) is 2.37. The number of hydrogen-bond acceptors (Lipinski definition) is 3. The minimum atomic E-state index is -5.20. The molecular weight excluding hydrogens is 313 g/mol. The standard InChI is InChI=1S/C9H6F5NO4S/c10-8(11)20(18,19)15-6-2-4(7(16)17)1-5(3-6)9(12,13)14/h1-3,8,15H,(H,16,17). The maximum absolute atomic E-state index is 12.5. The first-order chi connectivity index (χ1) is 8.93. The molecular formula is C9H6F5NO4S. The summed E-state index contributed by atoms with van der Waals surface area (Å²) in [6.07, 6.45) is -4.96. The van der Waals surface area contributed by atoms with Crippen molar-refractivity contribution in [1.82, 2.24) is 0 Å². The molecule has 0 heterocycles. The SMILES string of the molecule is O=C(O)c1cc(NS(=O)(=O)C(F)F)cc(C(F)(F)F)c1. The zero-order valence-electron chi connectivity index (χ0n) is 9.28. The highest BCUT2D eigenvalue weighted by molar-refractivity contribution is 7.93. The summed E-state index contributed by atoms with van der Waals surface area (Å²) in [7, 11) is -5.20. The topological polar surface area (TPSA) is 83.5 Å². The summed E-state index contributed by atoms with van der Waals surface area (Å²) < 4.78 is 84.5. The number of nitrogens with one attached hydrogen (secondary N) is 1. The number of anilines is 1. The largest absolute Gasteiger partial charge is 0.478 e. The zero-order chi connectivity index (χ0) is 15.7. The molecule has 0 spiro atoms. The number of aromatic carboxylic acids is 1. The third kappa shape index (κ3) is 3.79. The summed E-state index contributed by atoms with van der Waals surface area (Å²) >= 11 is 0. The first-order valence-corrected chi connectivity index (χ1v) is 6.23. The van der Waals surface area contributed by atoms with Gasteiger partial charge in [0, 0.05) is 0 Å². The smallest absolute Gasteiger partial charge is 0.416 e. The molecule has 0 aromatic heterocycles. The average molecular weight is 319 g/mol. The maximum Gasteiger partial charge on any atom is 0.416 e. The van der Waals surface area contributed by atoms with E-state index >= 15 is 0 Å². The number of carbonyl (C=O) groups is 1. The van der Waals surface area contributed by atoms with Crippen molar-refractivity contribution in [3.05, 3.63) is 29.3 Å². The number of hydrogen-bond donors (Lipinski definition) is 2. The Morgan fingerprint density at radius 2 is 1.75 bits per heavy atom. The van der Waals surface area contributed by atoms with E-state index in [0.29, 0.717) is 6.07 Å². The lowest BCUT2D eigenvalue weighted by molar-refractivity contribution is -0.137. The molecule has 11 heteroatoms. The van der Waals surface area contributed by atoms with Crippen molar-refractivity contribution in [2.24, 2.45) is 0 Å². The number of sulfonamides is 1. The van der Waals surface area contributed by atoms with Gasteiger partial charge in [0.2, 0.25) is 0 Å². The van der Waals surface area contributed by atoms with Gasteiger partial charge in [-0.2, -0.15) is 22.0 Å². The molecule has 20 heavy (non-hydrogen) atoms. The van der Waals surface area contributed by atoms with E-state index in [2.05, 4.69) is 0 Å². The number of carboxylic acid groups (broad SMARTS) is 1. The van der Waals surface area contributed by atoms with Crippen molar-refractivity contribution < 1.29 is 40.3 Å². The summed E-state index contributed by atoms with van der Waals surface area (Å²) in [6, 6.07) is 0.965. The lowest BCUT2D eigenvalue weighted by Gasteiger charge is -2.12. The monoisotopic (exact) mass is 319 g/mol. The molecule has 5 nitrogen and oxygen atoms in total. The van der Waals surface area contributed by atoms with Gasteiger partial charge in [0.15, 0.2) is 0 Å². The van der Waals surface area contributed by atoms with Crippen LogP contribution in [0.25, 0.3) is 0 Å². The van der Waals surface area contributed by atoms with Crippen LogP contribution < -0.4 is 4.72 Å². The van der Waals surface area contributed by atoms with Gasteiger partial charge >= 0.3 is 17.9 Å². The van der Waals surface area contributed by atoms with Gasteiger partial charge in [0.25, 0.3) is 10.0 Å². The number of benzene rings is 1. The van der Waals surface area contributed by atoms with Crippen molar-refractivity contribution in [2.75, 3.05) is 4.72 Å². The molecule has 1 rings (SSSR count). The third-order valence-corrected chi connectivity index (χ3v) is 2.99. The molecule has 1 aromatic carbocycles. The zero-order valence-corrected chi connectivity index (χ0v) is 10.1. The molecule has 0 aliphatic heterocycles. The first kappa shape index (κ1) is 16.1. The number of carboxylic acids is 1. The second-order valence-corrected chi connectivity index (χ2v) is 5.16. The van der Waals surface area contributed by atoms with Crippen molar-refractivity contribution in [1.29, 1.82) is 0 Å². The molecule has 112 valence electrons. The van der Waals surface area contributed by atoms with Crippen molar-refractivity contribution in [3.63, 3.8) is 0 Å². The quantitative estimate of drug-likeness (QED) is 0.835. The Bertz CT molecular complexity index is 626. The van der Waals surface area contributed by atoms with Gasteiger partial charge in [-0.05, 0) is 18.2 Å². The highest BCUT2D eigenvalue weighted by atomic mass is 32.2. The molecule has 2 N–H and O–H groups in total. The average Bonchev–Trinajstić information content (AvgIpc) is 2.26. The summed E-state index contributed by atoms with van der Waals surface area (Å²) in [6.45, 7) is 0. The minimum Gasteiger partial charge on any atom is -0.478 e. The number of alkyl halides is 5. The second kappa shape index (κ2) is 5.23. The fourth-order valence-corrected chi connectivity index (χ4v) is 1.72. The van der Waals surface area contributed by atoms with Crippen LogP contribution in [0.5, 0.6) is 0 Å². The molecule has 0 radical (unpaired) electrons. The van der Waals surface area contributed by atoms with E-state index in [1.54, 1.807) is 0 Å². The van der Waals surface area contributed by atoms with Gasteiger partial charge in [-0.25, -0.2) is 13.2 Å². The van der Waals surface area contributed by atoms with E-state index in [1.165, 1.54) is 4.72 Å². The Hall–Kier alpha value is -1.91. The van der Waals surface area contributed by atoms with Crippen LogP contribution in [0.15, 0.2) is 18.2 Å². The van der Waals surface area contributed by atoms with Crippen LogP contribution in [0.2, 0.25) is 0 Å².